The van der Waals surface area contributed by atoms with Crippen LogP contribution in [0.5, 0.6) is 5.75 Å². The summed E-state index contributed by atoms with van der Waals surface area (Å²) < 4.78 is 7.28. The van der Waals surface area contributed by atoms with E-state index in [2.05, 4.69) is 16.0 Å². The number of rotatable bonds is 5. The molecule has 0 aliphatic carbocycles. The molecule has 0 bridgehead atoms. The van der Waals surface area contributed by atoms with Gasteiger partial charge >= 0.3 is 0 Å². The van der Waals surface area contributed by atoms with E-state index >= 15 is 0 Å². The molecule has 0 spiro atoms. The van der Waals surface area contributed by atoms with Crippen molar-refractivity contribution in [2.24, 2.45) is 7.05 Å². The van der Waals surface area contributed by atoms with Crippen LogP contribution in [-0.2, 0) is 23.1 Å². The zero-order valence-corrected chi connectivity index (χ0v) is 15.3. The highest BCUT2D eigenvalue weighted by atomic mass is 16.5. The number of hydrogen-bond donors (Lipinski definition) is 2. The Morgan fingerprint density at radius 2 is 1.68 bits per heavy atom. The first kappa shape index (κ1) is 18.5. The van der Waals surface area contributed by atoms with Crippen LogP contribution in [0.15, 0.2) is 18.2 Å². The number of ether oxygens (including phenoxy) is 1. The minimum absolute atomic E-state index is 0.156. The molecule has 2 rings (SSSR count). The number of aromatic nitrogens is 2. The minimum atomic E-state index is -0.421. The van der Waals surface area contributed by atoms with Crippen LogP contribution >= 0.6 is 0 Å². The molecule has 0 unspecified atom stereocenters. The number of para-hydroxylation sites is 1. The monoisotopic (exact) mass is 344 g/mol. The number of nitrogens with zero attached hydrogens (tertiary/aromatic N) is 2. The molecule has 2 aromatic rings. The largest absolute Gasteiger partial charge is 0.483 e. The number of carbonyl (C=O) groups excluding carboxylic acids is 2. The van der Waals surface area contributed by atoms with Crippen molar-refractivity contribution in [2.45, 2.75) is 34.1 Å². The SMILES string of the molecule is Cc1cccc(C)c1OCC(=O)NNC(=O)Cc1c(C)nn(C)c1C. The van der Waals surface area contributed by atoms with E-state index < -0.39 is 5.91 Å². The van der Waals surface area contributed by atoms with E-state index in [0.29, 0.717) is 5.75 Å². The fraction of sp³-hybridized carbons (Fsp3) is 0.389. The van der Waals surface area contributed by atoms with Crippen LogP contribution in [0.2, 0.25) is 0 Å². The topological polar surface area (TPSA) is 85.2 Å². The van der Waals surface area contributed by atoms with Crippen LogP contribution < -0.4 is 15.6 Å². The van der Waals surface area contributed by atoms with E-state index in [-0.39, 0.29) is 18.9 Å². The molecular formula is C18H24N4O3. The Balaban J connectivity index is 1.82. The molecule has 1 heterocycles. The third-order valence-corrected chi connectivity index (χ3v) is 4.09. The first-order valence-electron chi connectivity index (χ1n) is 8.05. The van der Waals surface area contributed by atoms with E-state index in [9.17, 15) is 9.59 Å². The summed E-state index contributed by atoms with van der Waals surface area (Å²) in [6.45, 7) is 7.42. The van der Waals surface area contributed by atoms with Crippen LogP contribution in [0, 0.1) is 27.7 Å². The number of carbonyl (C=O) groups is 2. The smallest absolute Gasteiger partial charge is 0.276 e. The standard InChI is InChI=1S/C18H24N4O3/c1-11-7-6-8-12(2)18(11)25-10-17(24)20-19-16(23)9-15-13(3)21-22(5)14(15)4/h6-8H,9-10H2,1-5H3,(H,19,23)(H,20,24). The second kappa shape index (κ2) is 7.83. The lowest BCUT2D eigenvalue weighted by atomic mass is 10.1. The van der Waals surface area contributed by atoms with Crippen LogP contribution in [-0.4, -0.2) is 28.2 Å². The molecule has 0 saturated carbocycles. The van der Waals surface area contributed by atoms with Gasteiger partial charge in [0.2, 0.25) is 5.91 Å². The lowest BCUT2D eigenvalue weighted by molar-refractivity contribution is -0.129. The summed E-state index contributed by atoms with van der Waals surface area (Å²) in [5.41, 5.74) is 9.28. The molecule has 7 heteroatoms. The highest BCUT2D eigenvalue weighted by Crippen LogP contribution is 2.21. The van der Waals surface area contributed by atoms with Gasteiger partial charge in [0.15, 0.2) is 6.61 Å². The van der Waals surface area contributed by atoms with E-state index in [4.69, 9.17) is 4.74 Å². The molecule has 2 N–H and O–H groups in total. The van der Waals surface area contributed by atoms with E-state index in [1.54, 1.807) is 4.68 Å². The van der Waals surface area contributed by atoms with Gasteiger partial charge in [0.25, 0.3) is 5.91 Å². The van der Waals surface area contributed by atoms with Crippen molar-refractivity contribution in [3.63, 3.8) is 0 Å². The second-order valence-electron chi connectivity index (χ2n) is 6.06. The molecule has 7 nitrogen and oxygen atoms in total. The maximum absolute atomic E-state index is 12.0. The first-order valence-corrected chi connectivity index (χ1v) is 8.05. The van der Waals surface area contributed by atoms with Gasteiger partial charge in [0.1, 0.15) is 5.75 Å². The summed E-state index contributed by atoms with van der Waals surface area (Å²) >= 11 is 0. The number of benzene rings is 1. The van der Waals surface area contributed by atoms with E-state index in [1.165, 1.54) is 0 Å². The third kappa shape index (κ3) is 4.59. The predicted octanol–water partition coefficient (Wildman–Crippen LogP) is 1.42. The molecule has 0 saturated heterocycles. The Bertz CT molecular complexity index is 776. The van der Waals surface area contributed by atoms with Crippen LogP contribution in [0.3, 0.4) is 0 Å². The average Bonchev–Trinajstić information content (AvgIpc) is 2.79. The van der Waals surface area contributed by atoms with Gasteiger partial charge in [0.05, 0.1) is 12.1 Å². The Morgan fingerprint density at radius 3 is 2.24 bits per heavy atom. The van der Waals surface area contributed by atoms with Crippen LogP contribution in [0.25, 0.3) is 0 Å². The fourth-order valence-corrected chi connectivity index (χ4v) is 2.62. The fourth-order valence-electron chi connectivity index (χ4n) is 2.62. The lowest BCUT2D eigenvalue weighted by Crippen LogP contribution is -2.44. The van der Waals surface area contributed by atoms with Crippen molar-refractivity contribution in [1.29, 1.82) is 0 Å². The summed E-state index contributed by atoms with van der Waals surface area (Å²) in [5, 5.41) is 4.27. The zero-order chi connectivity index (χ0) is 18.6. The van der Waals surface area contributed by atoms with Gasteiger partial charge in [-0.05, 0) is 38.8 Å². The Labute approximate surface area is 147 Å². The number of hydrazine groups is 1. The molecule has 0 aliphatic heterocycles. The molecule has 0 atom stereocenters. The van der Waals surface area contributed by atoms with E-state index in [0.717, 1.165) is 28.1 Å². The third-order valence-electron chi connectivity index (χ3n) is 4.09. The maximum atomic E-state index is 12.0. The molecule has 0 aliphatic rings. The van der Waals surface area contributed by atoms with Crippen LogP contribution in [0.4, 0.5) is 0 Å². The number of nitrogens with one attached hydrogen (secondary N) is 2. The van der Waals surface area contributed by atoms with Crippen molar-refractivity contribution in [1.82, 2.24) is 20.6 Å². The molecule has 25 heavy (non-hydrogen) atoms. The van der Waals surface area contributed by atoms with Gasteiger partial charge in [-0.15, -0.1) is 0 Å². The van der Waals surface area contributed by atoms with Crippen LogP contribution in [0.1, 0.15) is 28.1 Å². The normalized spacial score (nSPS) is 10.4. The highest BCUT2D eigenvalue weighted by Gasteiger charge is 2.14. The Morgan fingerprint density at radius 1 is 1.08 bits per heavy atom. The Hall–Kier alpha value is -2.83. The molecular weight excluding hydrogens is 320 g/mol. The van der Waals surface area contributed by atoms with Gasteiger partial charge in [0, 0.05) is 18.3 Å². The molecule has 1 aromatic heterocycles. The second-order valence-corrected chi connectivity index (χ2v) is 6.06. The summed E-state index contributed by atoms with van der Waals surface area (Å²) in [4.78, 5) is 23.9. The van der Waals surface area contributed by atoms with Crippen molar-refractivity contribution in [2.75, 3.05) is 6.61 Å². The summed E-state index contributed by atoms with van der Waals surface area (Å²) in [5.74, 6) is -0.0409. The number of hydrogen-bond acceptors (Lipinski definition) is 4. The Kier molecular flexibility index (Phi) is 5.80. The quantitative estimate of drug-likeness (QED) is 0.804. The van der Waals surface area contributed by atoms with Crippen molar-refractivity contribution < 1.29 is 14.3 Å². The minimum Gasteiger partial charge on any atom is -0.483 e. The highest BCUT2D eigenvalue weighted by molar-refractivity contribution is 5.84. The average molecular weight is 344 g/mol. The molecule has 0 radical (unpaired) electrons. The summed E-state index contributed by atoms with van der Waals surface area (Å²) in [6.07, 6.45) is 0.156. The summed E-state index contributed by atoms with van der Waals surface area (Å²) in [7, 11) is 1.83. The van der Waals surface area contributed by atoms with Crippen molar-refractivity contribution in [3.8, 4) is 5.75 Å². The van der Waals surface area contributed by atoms with Crippen molar-refractivity contribution >= 4 is 11.8 Å². The molecule has 2 amide bonds. The summed E-state index contributed by atoms with van der Waals surface area (Å²) in [6, 6.07) is 5.77. The molecule has 1 aromatic carbocycles. The van der Waals surface area contributed by atoms with Gasteiger partial charge < -0.3 is 4.74 Å². The van der Waals surface area contributed by atoms with Gasteiger partial charge in [-0.3, -0.25) is 25.1 Å². The predicted molar refractivity (Wildman–Crippen MR) is 94.1 cm³/mol. The molecule has 134 valence electrons. The lowest BCUT2D eigenvalue weighted by Gasteiger charge is -2.12. The number of aryl methyl sites for hydroxylation is 4. The van der Waals surface area contributed by atoms with Crippen molar-refractivity contribution in [3.05, 3.63) is 46.3 Å². The van der Waals surface area contributed by atoms with E-state index in [1.807, 2.05) is 52.9 Å². The zero-order valence-electron chi connectivity index (χ0n) is 15.3. The van der Waals surface area contributed by atoms with Gasteiger partial charge in [-0.2, -0.15) is 5.10 Å². The molecule has 0 fully saturated rings. The maximum Gasteiger partial charge on any atom is 0.276 e. The van der Waals surface area contributed by atoms with Gasteiger partial charge in [-0.1, -0.05) is 18.2 Å². The first-order chi connectivity index (χ1) is 11.8. The van der Waals surface area contributed by atoms with Gasteiger partial charge in [-0.25, -0.2) is 0 Å². The number of amides is 2.